The van der Waals surface area contributed by atoms with Crippen LogP contribution < -0.4 is 0 Å². The smallest absolute Gasteiger partial charge is 0.137 e. The summed E-state index contributed by atoms with van der Waals surface area (Å²) in [6, 6.07) is 6.41. The van der Waals surface area contributed by atoms with Gasteiger partial charge in [0.1, 0.15) is 16.1 Å². The molecule has 0 bridgehead atoms. The molecule has 0 radical (unpaired) electrons. The average Bonchev–Trinajstić information content (AvgIpc) is 2.25. The van der Waals surface area contributed by atoms with Crippen LogP contribution in [0, 0.1) is 13.8 Å². The Morgan fingerprint density at radius 2 is 1.45 bits per heavy atom. The largest absolute Gasteiger partial charge is 0.220 e. The number of halogens is 2. The first-order valence-corrected chi connectivity index (χ1v) is 7.41. The lowest BCUT2D eigenvalue weighted by Gasteiger charge is -2.11. The van der Waals surface area contributed by atoms with E-state index in [-0.39, 0.29) is 5.92 Å². The topological polar surface area (TPSA) is 25.8 Å². The molecule has 0 aliphatic carbocycles. The van der Waals surface area contributed by atoms with Crippen molar-refractivity contribution >= 4 is 23.2 Å². The van der Waals surface area contributed by atoms with E-state index in [4.69, 9.17) is 23.2 Å². The summed E-state index contributed by atoms with van der Waals surface area (Å²) in [5.74, 6) is 0.875. The molecule has 0 spiro atoms. The van der Waals surface area contributed by atoms with E-state index >= 15 is 0 Å². The Morgan fingerprint density at radius 3 is 1.90 bits per heavy atom. The highest BCUT2D eigenvalue weighted by atomic mass is 35.5. The SMILES string of the molecule is Cc1cc(C)cc(Cc2nc(Cl)c(C(C)C)c(Cl)n2)c1. The maximum atomic E-state index is 6.22. The third-order valence-electron chi connectivity index (χ3n) is 3.12. The van der Waals surface area contributed by atoms with Crippen LogP contribution in [0.15, 0.2) is 18.2 Å². The summed E-state index contributed by atoms with van der Waals surface area (Å²) in [5.41, 5.74) is 4.46. The van der Waals surface area contributed by atoms with E-state index < -0.39 is 0 Å². The first-order valence-electron chi connectivity index (χ1n) is 6.65. The van der Waals surface area contributed by atoms with Crippen molar-refractivity contribution in [1.29, 1.82) is 0 Å². The van der Waals surface area contributed by atoms with Crippen molar-refractivity contribution in [2.75, 3.05) is 0 Å². The molecular weight excluding hydrogens is 291 g/mol. The molecule has 2 aromatic rings. The van der Waals surface area contributed by atoms with Gasteiger partial charge in [0.25, 0.3) is 0 Å². The van der Waals surface area contributed by atoms with Gasteiger partial charge in [-0.2, -0.15) is 0 Å². The predicted molar refractivity (Wildman–Crippen MR) is 84.9 cm³/mol. The number of benzene rings is 1. The van der Waals surface area contributed by atoms with Gasteiger partial charge < -0.3 is 0 Å². The van der Waals surface area contributed by atoms with Crippen molar-refractivity contribution in [2.24, 2.45) is 0 Å². The molecule has 2 rings (SSSR count). The highest BCUT2D eigenvalue weighted by Gasteiger charge is 2.15. The molecule has 0 N–H and O–H groups in total. The zero-order valence-electron chi connectivity index (χ0n) is 12.2. The van der Waals surface area contributed by atoms with Gasteiger partial charge in [0.05, 0.1) is 0 Å². The standard InChI is InChI=1S/C16H18Cl2N2/c1-9(2)14-15(17)19-13(20-16(14)18)8-12-6-10(3)5-11(4)7-12/h5-7,9H,8H2,1-4H3. The van der Waals surface area contributed by atoms with E-state index in [9.17, 15) is 0 Å². The lowest BCUT2D eigenvalue weighted by molar-refractivity contribution is 0.830. The van der Waals surface area contributed by atoms with Crippen LogP contribution in [-0.4, -0.2) is 9.97 Å². The molecule has 1 aromatic heterocycles. The Kier molecular flexibility index (Phi) is 4.66. The van der Waals surface area contributed by atoms with Gasteiger partial charge in [-0.05, 0) is 25.3 Å². The molecule has 0 aliphatic rings. The summed E-state index contributed by atoms with van der Waals surface area (Å²) in [6.45, 7) is 8.22. The van der Waals surface area contributed by atoms with E-state index in [1.807, 2.05) is 13.8 Å². The number of aromatic nitrogens is 2. The Bertz CT molecular complexity index is 593. The molecule has 0 aliphatic heterocycles. The Morgan fingerprint density at radius 1 is 0.950 bits per heavy atom. The highest BCUT2D eigenvalue weighted by molar-refractivity contribution is 6.34. The van der Waals surface area contributed by atoms with Crippen molar-refractivity contribution in [3.63, 3.8) is 0 Å². The monoisotopic (exact) mass is 308 g/mol. The second-order valence-corrected chi connectivity index (χ2v) is 6.18. The van der Waals surface area contributed by atoms with Gasteiger partial charge in [-0.3, -0.25) is 0 Å². The summed E-state index contributed by atoms with van der Waals surface area (Å²) < 4.78 is 0. The minimum atomic E-state index is 0.213. The first-order chi connectivity index (χ1) is 9.36. The van der Waals surface area contributed by atoms with E-state index in [2.05, 4.69) is 42.0 Å². The van der Waals surface area contributed by atoms with Crippen molar-refractivity contribution < 1.29 is 0 Å². The van der Waals surface area contributed by atoms with Crippen LogP contribution in [0.5, 0.6) is 0 Å². The lowest BCUT2D eigenvalue weighted by Crippen LogP contribution is -2.03. The summed E-state index contributed by atoms with van der Waals surface area (Å²) in [6.07, 6.45) is 0.639. The van der Waals surface area contributed by atoms with Gasteiger partial charge in [-0.15, -0.1) is 0 Å². The fraction of sp³-hybridized carbons (Fsp3) is 0.375. The van der Waals surface area contributed by atoms with Gasteiger partial charge in [-0.25, -0.2) is 9.97 Å². The van der Waals surface area contributed by atoms with Crippen LogP contribution >= 0.6 is 23.2 Å². The molecule has 0 atom stereocenters. The molecule has 0 saturated heterocycles. The fourth-order valence-electron chi connectivity index (χ4n) is 2.37. The first kappa shape index (κ1) is 15.3. The number of nitrogens with zero attached hydrogens (tertiary/aromatic N) is 2. The van der Waals surface area contributed by atoms with Crippen molar-refractivity contribution in [1.82, 2.24) is 9.97 Å². The Balaban J connectivity index is 2.35. The Hall–Kier alpha value is -1.12. The van der Waals surface area contributed by atoms with Crippen LogP contribution in [0.25, 0.3) is 0 Å². The van der Waals surface area contributed by atoms with Crippen molar-refractivity contribution in [3.05, 3.63) is 56.6 Å². The second-order valence-electron chi connectivity index (χ2n) is 5.46. The molecule has 20 heavy (non-hydrogen) atoms. The number of hydrogen-bond donors (Lipinski definition) is 0. The average molecular weight is 309 g/mol. The summed E-state index contributed by atoms with van der Waals surface area (Å²) >= 11 is 12.4. The fourth-order valence-corrected chi connectivity index (χ4v) is 3.23. The van der Waals surface area contributed by atoms with Gasteiger partial charge in [0.15, 0.2) is 0 Å². The predicted octanol–water partition coefficient (Wildman–Crippen LogP) is 5.11. The van der Waals surface area contributed by atoms with Crippen LogP contribution in [-0.2, 0) is 6.42 Å². The van der Waals surface area contributed by atoms with Gasteiger partial charge in [0.2, 0.25) is 0 Å². The van der Waals surface area contributed by atoms with E-state index in [1.165, 1.54) is 16.7 Å². The maximum Gasteiger partial charge on any atom is 0.137 e. The Labute approximate surface area is 130 Å². The normalized spacial score (nSPS) is 11.2. The third kappa shape index (κ3) is 3.50. The second kappa shape index (κ2) is 6.11. The lowest BCUT2D eigenvalue weighted by atomic mass is 10.0. The molecule has 0 amide bonds. The van der Waals surface area contributed by atoms with Gasteiger partial charge in [-0.1, -0.05) is 66.4 Å². The van der Waals surface area contributed by atoms with Crippen LogP contribution in [0.3, 0.4) is 0 Å². The van der Waals surface area contributed by atoms with E-state index in [0.29, 0.717) is 22.6 Å². The minimum absolute atomic E-state index is 0.213. The van der Waals surface area contributed by atoms with Crippen molar-refractivity contribution in [2.45, 2.75) is 40.0 Å². The molecule has 4 heteroatoms. The zero-order valence-corrected chi connectivity index (χ0v) is 13.7. The molecule has 1 heterocycles. The van der Waals surface area contributed by atoms with Crippen LogP contribution in [0.1, 0.15) is 47.8 Å². The third-order valence-corrected chi connectivity index (χ3v) is 3.70. The zero-order chi connectivity index (χ0) is 14.9. The highest BCUT2D eigenvalue weighted by Crippen LogP contribution is 2.29. The van der Waals surface area contributed by atoms with Crippen LogP contribution in [0.2, 0.25) is 10.3 Å². The molecule has 106 valence electrons. The number of aryl methyl sites for hydroxylation is 2. The molecule has 0 fully saturated rings. The summed E-state index contributed by atoms with van der Waals surface area (Å²) in [7, 11) is 0. The van der Waals surface area contributed by atoms with Crippen molar-refractivity contribution in [3.8, 4) is 0 Å². The summed E-state index contributed by atoms with van der Waals surface area (Å²) in [4.78, 5) is 8.76. The minimum Gasteiger partial charge on any atom is -0.220 e. The van der Waals surface area contributed by atoms with Crippen LogP contribution in [0.4, 0.5) is 0 Å². The van der Waals surface area contributed by atoms with Gasteiger partial charge in [0, 0.05) is 12.0 Å². The molecule has 0 unspecified atom stereocenters. The van der Waals surface area contributed by atoms with E-state index in [1.54, 1.807) is 0 Å². The van der Waals surface area contributed by atoms with E-state index in [0.717, 1.165) is 5.56 Å². The molecular formula is C16H18Cl2N2. The molecule has 2 nitrogen and oxygen atoms in total. The molecule has 0 saturated carbocycles. The summed E-state index contributed by atoms with van der Waals surface area (Å²) in [5, 5.41) is 0.916. The quantitative estimate of drug-likeness (QED) is 0.736. The van der Waals surface area contributed by atoms with Gasteiger partial charge >= 0.3 is 0 Å². The number of hydrogen-bond acceptors (Lipinski definition) is 2. The maximum absolute atomic E-state index is 6.22. The number of rotatable bonds is 3. The molecule has 1 aromatic carbocycles.